The van der Waals surface area contributed by atoms with Crippen molar-refractivity contribution in [1.82, 2.24) is 0 Å². The summed E-state index contributed by atoms with van der Waals surface area (Å²) in [5.41, 5.74) is 1.01. The van der Waals surface area contributed by atoms with Gasteiger partial charge in [-0.25, -0.2) is 4.39 Å². The van der Waals surface area contributed by atoms with Gasteiger partial charge in [-0.3, -0.25) is 4.79 Å². The Bertz CT molecular complexity index is 450. The van der Waals surface area contributed by atoms with Crippen molar-refractivity contribution in [1.29, 1.82) is 0 Å². The molecule has 104 valence electrons. The maximum atomic E-state index is 13.8. The molecule has 1 aliphatic rings. The molecule has 1 aromatic rings. The summed E-state index contributed by atoms with van der Waals surface area (Å²) in [6.07, 6.45) is 4.78. The highest BCUT2D eigenvalue weighted by Gasteiger charge is 2.23. The SMILES string of the molecule is CCCC1CCN(c2cccc(F)c2C(C)=O)CC1. The first-order valence-corrected chi connectivity index (χ1v) is 7.18. The van der Waals surface area contributed by atoms with E-state index in [1.165, 1.54) is 25.8 Å². The van der Waals surface area contributed by atoms with Crippen LogP contribution in [0, 0.1) is 11.7 Å². The van der Waals surface area contributed by atoms with Crippen LogP contribution in [0.4, 0.5) is 10.1 Å². The number of Topliss-reactive ketones (excluding diaryl/α,β-unsaturated/α-hetero) is 1. The third-order valence-corrected chi connectivity index (χ3v) is 4.00. The van der Waals surface area contributed by atoms with Gasteiger partial charge in [0.25, 0.3) is 0 Å². The van der Waals surface area contributed by atoms with Gasteiger partial charge in [-0.1, -0.05) is 25.8 Å². The summed E-state index contributed by atoms with van der Waals surface area (Å²) in [4.78, 5) is 13.8. The fourth-order valence-electron chi connectivity index (χ4n) is 3.00. The van der Waals surface area contributed by atoms with Crippen molar-refractivity contribution in [3.8, 4) is 0 Å². The van der Waals surface area contributed by atoms with E-state index in [4.69, 9.17) is 0 Å². The van der Waals surface area contributed by atoms with E-state index in [1.54, 1.807) is 6.07 Å². The molecule has 1 aliphatic heterocycles. The van der Waals surface area contributed by atoms with Crippen LogP contribution in [-0.2, 0) is 0 Å². The van der Waals surface area contributed by atoms with Crippen LogP contribution in [0.25, 0.3) is 0 Å². The second-order valence-electron chi connectivity index (χ2n) is 5.41. The molecular weight excluding hydrogens is 241 g/mol. The zero-order valence-corrected chi connectivity index (χ0v) is 11.8. The quantitative estimate of drug-likeness (QED) is 0.764. The van der Waals surface area contributed by atoms with Crippen LogP contribution in [0.3, 0.4) is 0 Å². The van der Waals surface area contributed by atoms with Crippen molar-refractivity contribution in [3.63, 3.8) is 0 Å². The van der Waals surface area contributed by atoms with Crippen molar-refractivity contribution < 1.29 is 9.18 Å². The van der Waals surface area contributed by atoms with Crippen molar-refractivity contribution in [2.75, 3.05) is 18.0 Å². The third-order valence-electron chi connectivity index (χ3n) is 4.00. The van der Waals surface area contributed by atoms with Gasteiger partial charge < -0.3 is 4.90 Å². The Hall–Kier alpha value is -1.38. The Labute approximate surface area is 114 Å². The van der Waals surface area contributed by atoms with Crippen LogP contribution in [0.15, 0.2) is 18.2 Å². The molecule has 0 aliphatic carbocycles. The van der Waals surface area contributed by atoms with E-state index < -0.39 is 5.82 Å². The normalized spacial score (nSPS) is 16.7. The lowest BCUT2D eigenvalue weighted by Crippen LogP contribution is -2.34. The number of piperidine rings is 1. The molecule has 1 fully saturated rings. The molecule has 0 atom stereocenters. The predicted octanol–water partition coefficient (Wildman–Crippen LogP) is 4.04. The maximum absolute atomic E-state index is 13.8. The van der Waals surface area contributed by atoms with E-state index in [0.29, 0.717) is 0 Å². The van der Waals surface area contributed by atoms with Gasteiger partial charge in [0.1, 0.15) is 5.82 Å². The number of anilines is 1. The number of hydrogen-bond donors (Lipinski definition) is 0. The Balaban J connectivity index is 2.15. The fourth-order valence-corrected chi connectivity index (χ4v) is 3.00. The minimum absolute atomic E-state index is 0.191. The molecule has 1 aromatic carbocycles. The smallest absolute Gasteiger partial charge is 0.164 e. The Morgan fingerprint density at radius 2 is 2.05 bits per heavy atom. The largest absolute Gasteiger partial charge is 0.371 e. The number of rotatable bonds is 4. The number of nitrogens with zero attached hydrogens (tertiary/aromatic N) is 1. The van der Waals surface area contributed by atoms with Crippen molar-refractivity contribution in [2.45, 2.75) is 39.5 Å². The van der Waals surface area contributed by atoms with Gasteiger partial charge in [-0.05, 0) is 37.8 Å². The lowest BCUT2D eigenvalue weighted by atomic mass is 9.92. The summed E-state index contributed by atoms with van der Waals surface area (Å²) in [5.74, 6) is 0.194. The Kier molecular flexibility index (Phi) is 4.56. The van der Waals surface area contributed by atoms with Crippen LogP contribution in [0.1, 0.15) is 49.9 Å². The van der Waals surface area contributed by atoms with Crippen LogP contribution >= 0.6 is 0 Å². The first kappa shape index (κ1) is 14.0. The lowest BCUT2D eigenvalue weighted by molar-refractivity contribution is 0.101. The van der Waals surface area contributed by atoms with Crippen molar-refractivity contribution >= 4 is 11.5 Å². The molecule has 2 rings (SSSR count). The third kappa shape index (κ3) is 3.14. The average molecular weight is 263 g/mol. The highest BCUT2D eigenvalue weighted by molar-refractivity contribution is 6.00. The van der Waals surface area contributed by atoms with Crippen LogP contribution in [0.5, 0.6) is 0 Å². The van der Waals surface area contributed by atoms with Crippen molar-refractivity contribution in [2.24, 2.45) is 5.92 Å². The molecule has 3 heteroatoms. The lowest BCUT2D eigenvalue weighted by Gasteiger charge is -2.34. The molecule has 0 bridgehead atoms. The molecule has 19 heavy (non-hydrogen) atoms. The maximum Gasteiger partial charge on any atom is 0.164 e. The first-order chi connectivity index (χ1) is 9.13. The standard InChI is InChI=1S/C16H22FNO/c1-3-5-13-8-10-18(11-9-13)15-7-4-6-14(17)16(15)12(2)19/h4,6-7,13H,3,5,8-11H2,1-2H3. The number of halogens is 1. The number of benzene rings is 1. The molecule has 1 heterocycles. The molecule has 2 nitrogen and oxygen atoms in total. The molecule has 0 radical (unpaired) electrons. The molecule has 0 spiro atoms. The van der Waals surface area contributed by atoms with Gasteiger partial charge in [0.2, 0.25) is 0 Å². The van der Waals surface area contributed by atoms with Crippen LogP contribution in [0.2, 0.25) is 0 Å². The molecule has 0 N–H and O–H groups in total. The minimum atomic E-state index is -0.402. The Morgan fingerprint density at radius 1 is 1.37 bits per heavy atom. The summed E-state index contributed by atoms with van der Waals surface area (Å²) in [6, 6.07) is 4.92. The average Bonchev–Trinajstić information content (AvgIpc) is 2.39. The van der Waals surface area contributed by atoms with Gasteiger partial charge in [0.05, 0.1) is 11.3 Å². The van der Waals surface area contributed by atoms with E-state index in [-0.39, 0.29) is 11.3 Å². The summed E-state index contributed by atoms with van der Waals surface area (Å²) >= 11 is 0. The predicted molar refractivity (Wildman–Crippen MR) is 76.2 cm³/mol. The first-order valence-electron chi connectivity index (χ1n) is 7.18. The summed E-state index contributed by atoms with van der Waals surface area (Å²) in [5, 5.41) is 0. The van der Waals surface area contributed by atoms with Gasteiger partial charge >= 0.3 is 0 Å². The molecule has 0 aromatic heterocycles. The van der Waals surface area contributed by atoms with E-state index in [1.807, 2.05) is 6.07 Å². The fraction of sp³-hybridized carbons (Fsp3) is 0.562. The van der Waals surface area contributed by atoms with Crippen LogP contribution < -0.4 is 4.90 Å². The minimum Gasteiger partial charge on any atom is -0.371 e. The Morgan fingerprint density at radius 3 is 2.63 bits per heavy atom. The number of ketones is 1. The molecule has 0 unspecified atom stereocenters. The zero-order valence-electron chi connectivity index (χ0n) is 11.8. The summed E-state index contributed by atoms with van der Waals surface area (Å²) < 4.78 is 13.8. The van der Waals surface area contributed by atoms with E-state index in [9.17, 15) is 9.18 Å². The number of hydrogen-bond acceptors (Lipinski definition) is 2. The monoisotopic (exact) mass is 263 g/mol. The number of carbonyl (C=O) groups is 1. The van der Waals surface area contributed by atoms with E-state index >= 15 is 0 Å². The summed E-state index contributed by atoms with van der Waals surface area (Å²) in [6.45, 7) is 5.50. The second kappa shape index (κ2) is 6.18. The van der Waals surface area contributed by atoms with Gasteiger partial charge in [0.15, 0.2) is 5.78 Å². The van der Waals surface area contributed by atoms with E-state index in [2.05, 4.69) is 11.8 Å². The highest BCUT2D eigenvalue weighted by atomic mass is 19.1. The molecule has 1 saturated heterocycles. The van der Waals surface area contributed by atoms with Gasteiger partial charge in [0, 0.05) is 13.1 Å². The molecule has 0 amide bonds. The van der Waals surface area contributed by atoms with E-state index in [0.717, 1.165) is 37.5 Å². The highest BCUT2D eigenvalue weighted by Crippen LogP contribution is 2.29. The second-order valence-corrected chi connectivity index (χ2v) is 5.41. The molecule has 0 saturated carbocycles. The van der Waals surface area contributed by atoms with Gasteiger partial charge in [-0.2, -0.15) is 0 Å². The molecular formula is C16H22FNO. The summed E-state index contributed by atoms with van der Waals surface area (Å²) in [7, 11) is 0. The van der Waals surface area contributed by atoms with Gasteiger partial charge in [-0.15, -0.1) is 0 Å². The topological polar surface area (TPSA) is 20.3 Å². The van der Waals surface area contributed by atoms with Crippen LogP contribution in [-0.4, -0.2) is 18.9 Å². The number of carbonyl (C=O) groups excluding carboxylic acids is 1. The zero-order chi connectivity index (χ0) is 13.8. The van der Waals surface area contributed by atoms with Crippen molar-refractivity contribution in [3.05, 3.63) is 29.6 Å².